The van der Waals surface area contributed by atoms with Crippen LogP contribution in [0.25, 0.3) is 11.2 Å². The number of rotatable bonds is 3. The lowest BCUT2D eigenvalue weighted by Gasteiger charge is -2.01. The molecule has 2 aromatic heterocycles. The third kappa shape index (κ3) is 1.32. The molecule has 0 spiro atoms. The largest absolute Gasteiger partial charge is 0.365 e. The van der Waals surface area contributed by atoms with E-state index in [0.717, 1.165) is 17.0 Å². The molecule has 0 atom stereocenters. The van der Waals surface area contributed by atoms with E-state index in [-0.39, 0.29) is 0 Å². The minimum absolute atomic E-state index is 0.669. The van der Waals surface area contributed by atoms with Gasteiger partial charge in [-0.25, -0.2) is 15.0 Å². The molecule has 2 aromatic rings. The highest BCUT2D eigenvalue weighted by molar-refractivity contribution is 5.82. The van der Waals surface area contributed by atoms with Crippen LogP contribution in [-0.2, 0) is 7.05 Å². The number of hydrogen-bond donors (Lipinski definition) is 1. The van der Waals surface area contributed by atoms with Crippen molar-refractivity contribution in [3.8, 4) is 0 Å². The second-order valence-corrected chi connectivity index (χ2v) is 2.92. The third-order valence-electron chi connectivity index (χ3n) is 1.91. The van der Waals surface area contributed by atoms with Gasteiger partial charge in [0.1, 0.15) is 11.8 Å². The molecule has 0 amide bonds. The highest BCUT2D eigenvalue weighted by atomic mass is 15.1. The van der Waals surface area contributed by atoms with Gasteiger partial charge in [-0.1, -0.05) is 6.08 Å². The molecule has 72 valence electrons. The average Bonchev–Trinajstić information content (AvgIpc) is 2.58. The van der Waals surface area contributed by atoms with Gasteiger partial charge in [-0.2, -0.15) is 0 Å². The van der Waals surface area contributed by atoms with Crippen LogP contribution in [-0.4, -0.2) is 26.1 Å². The summed E-state index contributed by atoms with van der Waals surface area (Å²) in [5.74, 6) is 0.746. The Morgan fingerprint density at radius 2 is 2.36 bits per heavy atom. The first-order chi connectivity index (χ1) is 6.83. The third-order valence-corrected chi connectivity index (χ3v) is 1.91. The van der Waals surface area contributed by atoms with E-state index in [1.807, 2.05) is 11.6 Å². The smallest absolute Gasteiger partial charge is 0.165 e. The summed E-state index contributed by atoms with van der Waals surface area (Å²) in [4.78, 5) is 12.5. The molecule has 0 aliphatic rings. The van der Waals surface area contributed by atoms with Gasteiger partial charge in [0.2, 0.25) is 0 Å². The molecule has 5 nitrogen and oxygen atoms in total. The molecular weight excluding hydrogens is 178 g/mol. The molecule has 0 unspecified atom stereocenters. The summed E-state index contributed by atoms with van der Waals surface area (Å²) in [6.45, 7) is 4.30. The Kier molecular flexibility index (Phi) is 2.14. The van der Waals surface area contributed by atoms with Crippen molar-refractivity contribution < 1.29 is 0 Å². The minimum atomic E-state index is 0.669. The molecule has 0 fully saturated rings. The monoisotopic (exact) mass is 189 g/mol. The predicted molar refractivity (Wildman–Crippen MR) is 55.0 cm³/mol. The Labute approximate surface area is 81.5 Å². The molecule has 1 N–H and O–H groups in total. The number of nitrogens with zero attached hydrogens (tertiary/aromatic N) is 4. The summed E-state index contributed by atoms with van der Waals surface area (Å²) < 4.78 is 1.86. The summed E-state index contributed by atoms with van der Waals surface area (Å²) in [6, 6.07) is 0. The predicted octanol–water partition coefficient (Wildman–Crippen LogP) is 0.961. The van der Waals surface area contributed by atoms with Crippen LogP contribution in [0, 0.1) is 0 Å². The zero-order valence-electron chi connectivity index (χ0n) is 7.94. The van der Waals surface area contributed by atoms with Gasteiger partial charge in [-0.3, -0.25) is 0 Å². The van der Waals surface area contributed by atoms with Gasteiger partial charge in [0, 0.05) is 13.6 Å². The maximum atomic E-state index is 4.21. The normalized spacial score (nSPS) is 10.4. The highest BCUT2D eigenvalue weighted by Crippen LogP contribution is 2.15. The quantitative estimate of drug-likeness (QED) is 0.731. The van der Waals surface area contributed by atoms with Gasteiger partial charge in [0.25, 0.3) is 0 Å². The van der Waals surface area contributed by atoms with Gasteiger partial charge in [0.05, 0.1) is 6.33 Å². The molecule has 2 heterocycles. The summed E-state index contributed by atoms with van der Waals surface area (Å²) >= 11 is 0. The molecule has 0 bridgehead atoms. The SMILES string of the molecule is C=CCNc1ncnc2c1ncn2C. The van der Waals surface area contributed by atoms with Crippen LogP contribution in [0.3, 0.4) is 0 Å². The van der Waals surface area contributed by atoms with E-state index >= 15 is 0 Å². The molecule has 2 rings (SSSR count). The van der Waals surface area contributed by atoms with E-state index in [4.69, 9.17) is 0 Å². The number of aryl methyl sites for hydroxylation is 1. The van der Waals surface area contributed by atoms with Crippen molar-refractivity contribution in [1.82, 2.24) is 19.5 Å². The Morgan fingerprint density at radius 1 is 1.50 bits per heavy atom. The first kappa shape index (κ1) is 8.68. The van der Waals surface area contributed by atoms with E-state index in [1.54, 1.807) is 12.4 Å². The van der Waals surface area contributed by atoms with Crippen LogP contribution >= 0.6 is 0 Å². The van der Waals surface area contributed by atoms with E-state index in [1.165, 1.54) is 6.33 Å². The number of fused-ring (bicyclic) bond motifs is 1. The summed E-state index contributed by atoms with van der Waals surface area (Å²) in [7, 11) is 1.90. The van der Waals surface area contributed by atoms with Crippen LogP contribution in [0.5, 0.6) is 0 Å². The fourth-order valence-electron chi connectivity index (χ4n) is 1.24. The lowest BCUT2D eigenvalue weighted by Crippen LogP contribution is -2.01. The Hall–Kier alpha value is -1.91. The van der Waals surface area contributed by atoms with Gasteiger partial charge >= 0.3 is 0 Å². The van der Waals surface area contributed by atoms with Crippen molar-refractivity contribution in [3.63, 3.8) is 0 Å². The summed E-state index contributed by atoms with van der Waals surface area (Å²) in [5.41, 5.74) is 1.61. The van der Waals surface area contributed by atoms with E-state index in [2.05, 4.69) is 26.8 Å². The molecule has 0 aliphatic carbocycles. The zero-order valence-corrected chi connectivity index (χ0v) is 7.94. The van der Waals surface area contributed by atoms with Gasteiger partial charge < -0.3 is 9.88 Å². The Balaban J connectivity index is 2.48. The fourth-order valence-corrected chi connectivity index (χ4v) is 1.24. The van der Waals surface area contributed by atoms with Crippen LogP contribution in [0.4, 0.5) is 5.82 Å². The second-order valence-electron chi connectivity index (χ2n) is 2.92. The number of nitrogens with one attached hydrogen (secondary N) is 1. The number of aromatic nitrogens is 4. The van der Waals surface area contributed by atoms with Crippen molar-refractivity contribution in [3.05, 3.63) is 25.3 Å². The molecule has 0 aromatic carbocycles. The Bertz CT molecular complexity index is 459. The van der Waals surface area contributed by atoms with Gasteiger partial charge in [-0.15, -0.1) is 6.58 Å². The second kappa shape index (κ2) is 3.45. The van der Waals surface area contributed by atoms with E-state index in [0.29, 0.717) is 6.54 Å². The topological polar surface area (TPSA) is 55.6 Å². The molecule has 0 aliphatic heterocycles. The average molecular weight is 189 g/mol. The molecule has 0 saturated carbocycles. The van der Waals surface area contributed by atoms with Gasteiger partial charge in [0.15, 0.2) is 11.5 Å². The molecule has 14 heavy (non-hydrogen) atoms. The molecule has 0 saturated heterocycles. The number of imidazole rings is 1. The van der Waals surface area contributed by atoms with Crippen molar-refractivity contribution >= 4 is 17.0 Å². The summed E-state index contributed by atoms with van der Waals surface area (Å²) in [6.07, 6.45) is 5.02. The number of hydrogen-bond acceptors (Lipinski definition) is 4. The van der Waals surface area contributed by atoms with Crippen LogP contribution in [0.15, 0.2) is 25.3 Å². The highest BCUT2D eigenvalue weighted by Gasteiger charge is 2.06. The standard InChI is InChI=1S/C9H11N5/c1-3-4-10-8-7-9(12-5-11-8)14(2)6-13-7/h3,5-6H,1,4H2,2H3,(H,10,11,12). The van der Waals surface area contributed by atoms with Crippen LogP contribution < -0.4 is 5.32 Å². The lowest BCUT2D eigenvalue weighted by atomic mass is 10.4. The van der Waals surface area contributed by atoms with Crippen molar-refractivity contribution in [1.29, 1.82) is 0 Å². The molecule has 5 heteroatoms. The maximum absolute atomic E-state index is 4.21. The first-order valence-corrected chi connectivity index (χ1v) is 4.29. The van der Waals surface area contributed by atoms with E-state index < -0.39 is 0 Å². The minimum Gasteiger partial charge on any atom is -0.365 e. The van der Waals surface area contributed by atoms with Crippen molar-refractivity contribution in [2.75, 3.05) is 11.9 Å². The summed E-state index contributed by atoms with van der Waals surface area (Å²) in [5, 5.41) is 3.11. The Morgan fingerprint density at radius 3 is 3.14 bits per heavy atom. The molecular formula is C9H11N5. The van der Waals surface area contributed by atoms with Crippen LogP contribution in [0.1, 0.15) is 0 Å². The van der Waals surface area contributed by atoms with Crippen LogP contribution in [0.2, 0.25) is 0 Å². The van der Waals surface area contributed by atoms with Crippen molar-refractivity contribution in [2.45, 2.75) is 0 Å². The van der Waals surface area contributed by atoms with E-state index in [9.17, 15) is 0 Å². The first-order valence-electron chi connectivity index (χ1n) is 4.29. The number of anilines is 1. The maximum Gasteiger partial charge on any atom is 0.165 e. The van der Waals surface area contributed by atoms with Crippen molar-refractivity contribution in [2.24, 2.45) is 7.05 Å². The van der Waals surface area contributed by atoms with Gasteiger partial charge in [-0.05, 0) is 0 Å². The zero-order chi connectivity index (χ0) is 9.97. The fraction of sp³-hybridized carbons (Fsp3) is 0.222. The lowest BCUT2D eigenvalue weighted by molar-refractivity contribution is 0.928. The molecule has 0 radical (unpaired) electrons.